The Bertz CT molecular complexity index is 516. The summed E-state index contributed by atoms with van der Waals surface area (Å²) in [5, 5.41) is 0. The zero-order valence-electron chi connectivity index (χ0n) is 11.9. The van der Waals surface area contributed by atoms with Crippen molar-refractivity contribution in [3.63, 3.8) is 0 Å². The van der Waals surface area contributed by atoms with Crippen LogP contribution in [0.15, 0.2) is 24.3 Å². The van der Waals surface area contributed by atoms with Crippen LogP contribution in [0.3, 0.4) is 0 Å². The van der Waals surface area contributed by atoms with E-state index in [1.54, 1.807) is 4.90 Å². The highest BCUT2D eigenvalue weighted by atomic mass is 19.4. The molecule has 1 fully saturated rings. The molecule has 0 aromatic heterocycles. The number of hydrogen-bond donors (Lipinski definition) is 1. The largest absolute Gasteiger partial charge is 0.416 e. The Hall–Kier alpha value is -1.56. The first kappa shape index (κ1) is 15.8. The van der Waals surface area contributed by atoms with Crippen molar-refractivity contribution < 1.29 is 18.0 Å². The van der Waals surface area contributed by atoms with E-state index in [0.717, 1.165) is 25.0 Å². The molecular weight excluding hydrogens is 281 g/mol. The number of likely N-dealkylation sites (tertiary alicyclic amines) is 1. The third kappa shape index (κ3) is 3.37. The molecule has 2 rings (SSSR count). The monoisotopic (exact) mass is 300 g/mol. The van der Waals surface area contributed by atoms with Gasteiger partial charge in [-0.15, -0.1) is 0 Å². The molecule has 2 atom stereocenters. The van der Waals surface area contributed by atoms with E-state index in [9.17, 15) is 18.0 Å². The smallest absolute Gasteiger partial charge is 0.334 e. The lowest BCUT2D eigenvalue weighted by Crippen LogP contribution is -2.51. The van der Waals surface area contributed by atoms with Crippen LogP contribution in [0, 0.1) is 5.92 Å². The Balaban J connectivity index is 2.27. The number of alkyl halides is 3. The lowest BCUT2D eigenvalue weighted by atomic mass is 9.90. The molecule has 0 radical (unpaired) electrons. The van der Waals surface area contributed by atoms with Gasteiger partial charge in [0, 0.05) is 24.7 Å². The van der Waals surface area contributed by atoms with Gasteiger partial charge in [0.15, 0.2) is 0 Å². The van der Waals surface area contributed by atoms with Gasteiger partial charge in [-0.1, -0.05) is 13.0 Å². The van der Waals surface area contributed by atoms with E-state index in [1.165, 1.54) is 12.1 Å². The quantitative estimate of drug-likeness (QED) is 0.913. The minimum Gasteiger partial charge on any atom is -0.334 e. The van der Waals surface area contributed by atoms with E-state index in [0.29, 0.717) is 13.1 Å². The molecule has 1 aromatic carbocycles. The van der Waals surface area contributed by atoms with Crippen LogP contribution in [0.5, 0.6) is 0 Å². The van der Waals surface area contributed by atoms with Crippen LogP contribution in [-0.2, 0) is 6.18 Å². The fourth-order valence-electron chi connectivity index (χ4n) is 2.86. The number of carbonyl (C=O) groups is 1. The Morgan fingerprint density at radius 1 is 1.43 bits per heavy atom. The number of hydrogen-bond acceptors (Lipinski definition) is 2. The van der Waals surface area contributed by atoms with Gasteiger partial charge in [0.25, 0.3) is 5.91 Å². The van der Waals surface area contributed by atoms with Crippen molar-refractivity contribution in [3.8, 4) is 0 Å². The molecule has 2 N–H and O–H groups in total. The van der Waals surface area contributed by atoms with Crippen molar-refractivity contribution in [3.05, 3.63) is 35.4 Å². The highest BCUT2D eigenvalue weighted by Gasteiger charge is 2.34. The Labute approximate surface area is 121 Å². The minimum absolute atomic E-state index is 0.0670. The minimum atomic E-state index is -4.45. The van der Waals surface area contributed by atoms with Crippen LogP contribution in [-0.4, -0.2) is 29.9 Å². The van der Waals surface area contributed by atoms with Crippen LogP contribution in [0.2, 0.25) is 0 Å². The summed E-state index contributed by atoms with van der Waals surface area (Å²) < 4.78 is 38.2. The summed E-state index contributed by atoms with van der Waals surface area (Å²) in [6, 6.07) is 4.46. The molecule has 2 unspecified atom stereocenters. The molecule has 0 aliphatic carbocycles. The van der Waals surface area contributed by atoms with Crippen molar-refractivity contribution in [1.82, 2.24) is 4.90 Å². The summed E-state index contributed by atoms with van der Waals surface area (Å²) >= 11 is 0. The van der Waals surface area contributed by atoms with Gasteiger partial charge < -0.3 is 10.6 Å². The summed E-state index contributed by atoms with van der Waals surface area (Å²) in [6.45, 7) is 2.89. The summed E-state index contributed by atoms with van der Waals surface area (Å²) in [4.78, 5) is 14.1. The molecule has 1 saturated heterocycles. The fourth-order valence-corrected chi connectivity index (χ4v) is 2.86. The van der Waals surface area contributed by atoms with Crippen LogP contribution in [0.4, 0.5) is 13.2 Å². The average Bonchev–Trinajstić information content (AvgIpc) is 2.45. The maximum Gasteiger partial charge on any atom is 0.416 e. The van der Waals surface area contributed by atoms with E-state index in [4.69, 9.17) is 5.73 Å². The molecule has 0 saturated carbocycles. The fraction of sp³-hybridized carbons (Fsp3) is 0.533. The Morgan fingerprint density at radius 3 is 2.76 bits per heavy atom. The Kier molecular flexibility index (Phi) is 4.56. The van der Waals surface area contributed by atoms with E-state index < -0.39 is 11.7 Å². The van der Waals surface area contributed by atoms with Gasteiger partial charge in [0.2, 0.25) is 0 Å². The highest BCUT2D eigenvalue weighted by molar-refractivity contribution is 5.94. The molecule has 21 heavy (non-hydrogen) atoms. The van der Waals surface area contributed by atoms with E-state index >= 15 is 0 Å². The lowest BCUT2D eigenvalue weighted by Gasteiger charge is -2.39. The molecule has 0 bridgehead atoms. The van der Waals surface area contributed by atoms with Gasteiger partial charge in [0.1, 0.15) is 0 Å². The molecule has 6 heteroatoms. The standard InChI is InChI=1S/C15H19F3N2O/c1-10-4-3-7-20(13(10)9-19)14(21)11-5-2-6-12(8-11)15(16,17)18/h2,5-6,8,10,13H,3-4,7,9,19H2,1H3. The number of piperidine rings is 1. The van der Waals surface area contributed by atoms with Gasteiger partial charge in [-0.25, -0.2) is 0 Å². The van der Waals surface area contributed by atoms with Crippen LogP contribution >= 0.6 is 0 Å². The van der Waals surface area contributed by atoms with Gasteiger partial charge >= 0.3 is 6.18 Å². The molecular formula is C15H19F3N2O. The molecule has 1 aliphatic heterocycles. The average molecular weight is 300 g/mol. The topological polar surface area (TPSA) is 46.3 Å². The number of rotatable bonds is 2. The zero-order valence-corrected chi connectivity index (χ0v) is 11.9. The highest BCUT2D eigenvalue weighted by Crippen LogP contribution is 2.30. The summed E-state index contributed by atoms with van der Waals surface area (Å²) in [5.74, 6) is -0.110. The SMILES string of the molecule is CC1CCCN(C(=O)c2cccc(C(F)(F)F)c2)C1CN. The van der Waals surface area contributed by atoms with Gasteiger partial charge in [-0.2, -0.15) is 13.2 Å². The number of halogens is 3. The maximum absolute atomic E-state index is 12.7. The van der Waals surface area contributed by atoms with E-state index in [-0.39, 0.29) is 23.4 Å². The van der Waals surface area contributed by atoms with Crippen molar-refractivity contribution in [2.24, 2.45) is 11.7 Å². The summed E-state index contributed by atoms with van der Waals surface area (Å²) in [7, 11) is 0. The van der Waals surface area contributed by atoms with Crippen molar-refractivity contribution in [1.29, 1.82) is 0 Å². The molecule has 1 aromatic rings. The zero-order chi connectivity index (χ0) is 15.6. The molecule has 116 valence electrons. The van der Waals surface area contributed by atoms with Crippen molar-refractivity contribution in [2.45, 2.75) is 32.0 Å². The molecule has 0 spiro atoms. The number of nitrogens with zero attached hydrogens (tertiary/aromatic N) is 1. The van der Waals surface area contributed by atoms with E-state index in [1.807, 2.05) is 6.92 Å². The maximum atomic E-state index is 12.7. The van der Waals surface area contributed by atoms with Crippen molar-refractivity contribution in [2.75, 3.05) is 13.1 Å². The number of amides is 1. The predicted molar refractivity (Wildman–Crippen MR) is 73.7 cm³/mol. The number of benzene rings is 1. The first-order chi connectivity index (χ1) is 9.84. The molecule has 1 heterocycles. The number of nitrogens with two attached hydrogens (primary N) is 1. The second kappa shape index (κ2) is 6.05. The predicted octanol–water partition coefficient (Wildman–Crippen LogP) is 2.90. The number of carbonyl (C=O) groups excluding carboxylic acids is 1. The third-order valence-corrected chi connectivity index (χ3v) is 4.05. The first-order valence-electron chi connectivity index (χ1n) is 7.03. The van der Waals surface area contributed by atoms with Crippen LogP contribution in [0.1, 0.15) is 35.7 Å². The van der Waals surface area contributed by atoms with Crippen LogP contribution < -0.4 is 5.73 Å². The molecule has 1 amide bonds. The second-order valence-electron chi connectivity index (χ2n) is 5.50. The van der Waals surface area contributed by atoms with Gasteiger partial charge in [-0.3, -0.25) is 4.79 Å². The normalized spacial score (nSPS) is 23.2. The molecule has 3 nitrogen and oxygen atoms in total. The first-order valence-corrected chi connectivity index (χ1v) is 7.03. The van der Waals surface area contributed by atoms with Gasteiger partial charge in [-0.05, 0) is 37.0 Å². The van der Waals surface area contributed by atoms with Gasteiger partial charge in [0.05, 0.1) is 5.56 Å². The summed E-state index contributed by atoms with van der Waals surface area (Å²) in [5.41, 5.74) is 4.99. The summed E-state index contributed by atoms with van der Waals surface area (Å²) in [6.07, 6.45) is -2.62. The Morgan fingerprint density at radius 2 is 2.14 bits per heavy atom. The third-order valence-electron chi connectivity index (χ3n) is 4.05. The van der Waals surface area contributed by atoms with Crippen LogP contribution in [0.25, 0.3) is 0 Å². The second-order valence-corrected chi connectivity index (χ2v) is 5.50. The lowest BCUT2D eigenvalue weighted by molar-refractivity contribution is -0.137. The molecule has 1 aliphatic rings. The van der Waals surface area contributed by atoms with E-state index in [2.05, 4.69) is 0 Å². The van der Waals surface area contributed by atoms with Crippen molar-refractivity contribution >= 4 is 5.91 Å².